The van der Waals surface area contributed by atoms with E-state index in [0.717, 1.165) is 4.31 Å². The summed E-state index contributed by atoms with van der Waals surface area (Å²) in [5.41, 5.74) is 0.870. The number of hydrogen-bond acceptors (Lipinski definition) is 6. The van der Waals surface area contributed by atoms with Crippen LogP contribution in [0.15, 0.2) is 77.7 Å². The molecule has 0 aromatic heterocycles. The highest BCUT2D eigenvalue weighted by Crippen LogP contribution is 2.33. The normalized spacial score (nSPS) is 12.6. The van der Waals surface area contributed by atoms with Crippen molar-refractivity contribution in [2.45, 2.75) is 50.7 Å². The van der Waals surface area contributed by atoms with Gasteiger partial charge >= 0.3 is 0 Å². The van der Waals surface area contributed by atoms with Crippen molar-refractivity contribution in [1.29, 1.82) is 0 Å². The molecule has 1 N–H and O–H groups in total. The molecule has 0 aliphatic heterocycles. The van der Waals surface area contributed by atoms with Crippen molar-refractivity contribution in [2.24, 2.45) is 0 Å². The van der Waals surface area contributed by atoms with Crippen LogP contribution in [0.1, 0.15) is 32.8 Å². The second-order valence-corrected chi connectivity index (χ2v) is 11.8. The average Bonchev–Trinajstić information content (AvgIpc) is 2.98. The standard InChI is InChI=1S/C30H36ClN3O6S/c1-6-21(2)32-30(36)22(3)33(19-23-10-9-11-24(31)18-23)29(35)20-34(27-12-7-8-13-28(27)40-5)41(37,38)26-16-14-25(39-4)15-17-26/h7-18,21-22H,6,19-20H2,1-5H3,(H,32,36)/t21-,22+/m0/s1. The molecule has 0 heterocycles. The number of para-hydroxylation sites is 2. The van der Waals surface area contributed by atoms with Gasteiger partial charge in [-0.25, -0.2) is 8.42 Å². The number of anilines is 1. The quantitative estimate of drug-likeness (QED) is 0.299. The first-order valence-corrected chi connectivity index (χ1v) is 15.0. The van der Waals surface area contributed by atoms with Crippen LogP contribution in [-0.4, -0.2) is 58.0 Å². The van der Waals surface area contributed by atoms with E-state index in [9.17, 15) is 18.0 Å². The fraction of sp³-hybridized carbons (Fsp3) is 0.333. The molecule has 2 atom stereocenters. The average molecular weight is 602 g/mol. The van der Waals surface area contributed by atoms with Gasteiger partial charge in [0, 0.05) is 17.6 Å². The van der Waals surface area contributed by atoms with Crippen molar-refractivity contribution in [3.63, 3.8) is 0 Å². The Hall–Kier alpha value is -3.76. The van der Waals surface area contributed by atoms with Crippen LogP contribution in [0.3, 0.4) is 0 Å². The van der Waals surface area contributed by atoms with Crippen molar-refractivity contribution >= 4 is 39.1 Å². The van der Waals surface area contributed by atoms with Gasteiger partial charge in [0.25, 0.3) is 10.0 Å². The van der Waals surface area contributed by atoms with Crippen LogP contribution < -0.4 is 19.1 Å². The Labute approximate surface area is 247 Å². The maximum Gasteiger partial charge on any atom is 0.264 e. The first kappa shape index (κ1) is 31.8. The van der Waals surface area contributed by atoms with Gasteiger partial charge < -0.3 is 19.7 Å². The highest BCUT2D eigenvalue weighted by atomic mass is 35.5. The van der Waals surface area contributed by atoms with Crippen LogP contribution in [0.25, 0.3) is 0 Å². The summed E-state index contributed by atoms with van der Waals surface area (Å²) in [6.45, 7) is 4.89. The molecule has 0 fully saturated rings. The van der Waals surface area contributed by atoms with E-state index in [1.54, 1.807) is 55.5 Å². The largest absolute Gasteiger partial charge is 0.497 e. The fourth-order valence-electron chi connectivity index (χ4n) is 4.10. The third-order valence-electron chi connectivity index (χ3n) is 6.69. The van der Waals surface area contributed by atoms with Crippen LogP contribution in [0, 0.1) is 0 Å². The Morgan fingerprint density at radius 1 is 0.951 bits per heavy atom. The second kappa shape index (κ2) is 14.2. The predicted octanol–water partition coefficient (Wildman–Crippen LogP) is 4.88. The van der Waals surface area contributed by atoms with E-state index in [1.165, 1.54) is 43.4 Å². The molecule has 0 saturated carbocycles. The molecule has 0 spiro atoms. The zero-order valence-corrected chi connectivity index (χ0v) is 25.4. The van der Waals surface area contributed by atoms with Crippen molar-refractivity contribution in [3.05, 3.63) is 83.4 Å². The lowest BCUT2D eigenvalue weighted by atomic mass is 10.1. The number of halogens is 1. The molecular formula is C30H36ClN3O6S. The molecule has 11 heteroatoms. The molecule has 0 saturated heterocycles. The van der Waals surface area contributed by atoms with Crippen LogP contribution >= 0.6 is 11.6 Å². The summed E-state index contributed by atoms with van der Waals surface area (Å²) in [6.07, 6.45) is 0.711. The number of methoxy groups -OCH3 is 2. The number of amides is 2. The molecule has 0 aliphatic rings. The van der Waals surface area contributed by atoms with Crippen LogP contribution in [0.5, 0.6) is 11.5 Å². The van der Waals surface area contributed by atoms with Crippen molar-refractivity contribution in [1.82, 2.24) is 10.2 Å². The third kappa shape index (κ3) is 7.92. The van der Waals surface area contributed by atoms with E-state index in [1.807, 2.05) is 13.8 Å². The van der Waals surface area contributed by atoms with Crippen LogP contribution in [-0.2, 0) is 26.2 Å². The predicted molar refractivity (Wildman–Crippen MR) is 160 cm³/mol. The lowest BCUT2D eigenvalue weighted by Gasteiger charge is -2.32. The van der Waals surface area contributed by atoms with Gasteiger partial charge in [-0.3, -0.25) is 13.9 Å². The number of benzene rings is 3. The molecule has 41 heavy (non-hydrogen) atoms. The molecule has 2 amide bonds. The minimum Gasteiger partial charge on any atom is -0.497 e. The molecule has 0 radical (unpaired) electrons. The Balaban J connectivity index is 2.07. The monoisotopic (exact) mass is 601 g/mol. The molecule has 3 aromatic carbocycles. The number of sulfonamides is 1. The minimum absolute atomic E-state index is 0.0385. The summed E-state index contributed by atoms with van der Waals surface area (Å²) in [4.78, 5) is 28.5. The summed E-state index contributed by atoms with van der Waals surface area (Å²) in [6, 6.07) is 18.4. The molecule has 3 rings (SSSR count). The number of nitrogens with zero attached hydrogens (tertiary/aromatic N) is 2. The van der Waals surface area contributed by atoms with Crippen molar-refractivity contribution in [2.75, 3.05) is 25.1 Å². The van der Waals surface area contributed by atoms with Crippen molar-refractivity contribution < 1.29 is 27.5 Å². The first-order valence-electron chi connectivity index (χ1n) is 13.2. The molecule has 220 valence electrons. The summed E-state index contributed by atoms with van der Waals surface area (Å²) >= 11 is 6.19. The second-order valence-electron chi connectivity index (χ2n) is 9.50. The van der Waals surface area contributed by atoms with E-state index in [4.69, 9.17) is 21.1 Å². The summed E-state index contributed by atoms with van der Waals surface area (Å²) < 4.78 is 39.7. The first-order chi connectivity index (χ1) is 19.5. The molecular weight excluding hydrogens is 566 g/mol. The Morgan fingerprint density at radius 2 is 1.63 bits per heavy atom. The fourth-order valence-corrected chi connectivity index (χ4v) is 5.74. The van der Waals surface area contributed by atoms with E-state index in [-0.39, 0.29) is 34.8 Å². The van der Waals surface area contributed by atoms with Crippen LogP contribution in [0.4, 0.5) is 5.69 Å². The summed E-state index contributed by atoms with van der Waals surface area (Å²) in [7, 11) is -1.36. The SMILES string of the molecule is CC[C@H](C)NC(=O)[C@@H](C)N(Cc1cccc(Cl)c1)C(=O)CN(c1ccccc1OC)S(=O)(=O)c1ccc(OC)cc1. The minimum atomic E-state index is -4.26. The lowest BCUT2D eigenvalue weighted by molar-refractivity contribution is -0.139. The van der Waals surface area contributed by atoms with Gasteiger partial charge in [0.05, 0.1) is 24.8 Å². The highest BCUT2D eigenvalue weighted by molar-refractivity contribution is 7.92. The van der Waals surface area contributed by atoms with Gasteiger partial charge in [-0.15, -0.1) is 0 Å². The van der Waals surface area contributed by atoms with Gasteiger partial charge in [0.2, 0.25) is 11.8 Å². The Morgan fingerprint density at radius 3 is 2.24 bits per heavy atom. The maximum absolute atomic E-state index is 14.0. The van der Waals surface area contributed by atoms with Gasteiger partial charge in [0.15, 0.2) is 0 Å². The van der Waals surface area contributed by atoms with Gasteiger partial charge in [-0.1, -0.05) is 42.8 Å². The van der Waals surface area contributed by atoms with Gasteiger partial charge in [-0.05, 0) is 74.4 Å². The maximum atomic E-state index is 14.0. The number of hydrogen-bond donors (Lipinski definition) is 1. The van der Waals surface area contributed by atoms with Crippen LogP contribution in [0.2, 0.25) is 5.02 Å². The number of rotatable bonds is 13. The van der Waals surface area contributed by atoms with E-state index in [0.29, 0.717) is 22.8 Å². The summed E-state index contributed by atoms with van der Waals surface area (Å²) in [5, 5.41) is 3.39. The number of ether oxygens (including phenoxy) is 2. The molecule has 0 aliphatic carbocycles. The lowest BCUT2D eigenvalue weighted by Crippen LogP contribution is -2.52. The zero-order chi connectivity index (χ0) is 30.2. The van der Waals surface area contributed by atoms with Gasteiger partial charge in [0.1, 0.15) is 24.1 Å². The number of carbonyl (C=O) groups is 2. The molecule has 3 aromatic rings. The smallest absolute Gasteiger partial charge is 0.264 e. The van der Waals surface area contributed by atoms with E-state index < -0.39 is 28.5 Å². The highest BCUT2D eigenvalue weighted by Gasteiger charge is 2.34. The van der Waals surface area contributed by atoms with Gasteiger partial charge in [-0.2, -0.15) is 0 Å². The Bertz CT molecular complexity index is 1450. The topological polar surface area (TPSA) is 105 Å². The number of carbonyl (C=O) groups excluding carboxylic acids is 2. The molecule has 0 unspecified atom stereocenters. The number of nitrogens with one attached hydrogen (secondary N) is 1. The summed E-state index contributed by atoms with van der Waals surface area (Å²) in [5.74, 6) is -0.185. The Kier molecular flexibility index (Phi) is 11.0. The molecule has 9 nitrogen and oxygen atoms in total. The van der Waals surface area contributed by atoms with E-state index >= 15 is 0 Å². The van der Waals surface area contributed by atoms with Crippen molar-refractivity contribution in [3.8, 4) is 11.5 Å². The van der Waals surface area contributed by atoms with E-state index in [2.05, 4.69) is 5.32 Å². The molecule has 0 bridgehead atoms. The third-order valence-corrected chi connectivity index (χ3v) is 8.70. The zero-order valence-electron chi connectivity index (χ0n) is 23.8.